The van der Waals surface area contributed by atoms with E-state index in [1.807, 2.05) is 6.92 Å². The lowest BCUT2D eigenvalue weighted by atomic mass is 10.1. The molecule has 0 aromatic heterocycles. The van der Waals surface area contributed by atoms with E-state index in [9.17, 15) is 18.0 Å². The lowest BCUT2D eigenvalue weighted by Crippen LogP contribution is -2.26. The van der Waals surface area contributed by atoms with E-state index in [0.29, 0.717) is 6.54 Å². The summed E-state index contributed by atoms with van der Waals surface area (Å²) in [5.41, 5.74) is -0.146. The molecule has 0 saturated carbocycles. The zero-order valence-electron chi connectivity index (χ0n) is 8.82. The minimum Gasteiger partial charge on any atom is -0.356 e. The van der Waals surface area contributed by atoms with Crippen molar-refractivity contribution >= 4 is 5.91 Å². The van der Waals surface area contributed by atoms with Gasteiger partial charge in [0.1, 0.15) is 0 Å². The molecule has 0 spiro atoms. The number of carbonyl (C=O) groups is 1. The van der Waals surface area contributed by atoms with Gasteiger partial charge in [0.2, 0.25) is 5.91 Å². The molecule has 0 aliphatic rings. The van der Waals surface area contributed by atoms with Gasteiger partial charge in [-0.2, -0.15) is 0 Å². The molecule has 0 fully saturated rings. The first-order chi connectivity index (χ1) is 7.56. The number of amides is 1. The molecule has 1 aromatic rings. The number of carbonyl (C=O) groups excluding carboxylic acids is 1. The number of hydrogen-bond acceptors (Lipinski definition) is 1. The Balaban J connectivity index is 2.74. The second-order valence-electron chi connectivity index (χ2n) is 3.36. The number of rotatable bonds is 4. The molecule has 1 N–H and O–H groups in total. The predicted octanol–water partition coefficient (Wildman–Crippen LogP) is 2.17. The molecule has 5 heteroatoms. The minimum atomic E-state index is -1.54. The van der Waals surface area contributed by atoms with Crippen LogP contribution in [0.1, 0.15) is 18.9 Å². The summed E-state index contributed by atoms with van der Waals surface area (Å²) >= 11 is 0. The first kappa shape index (κ1) is 12.5. The van der Waals surface area contributed by atoms with Crippen LogP contribution < -0.4 is 5.32 Å². The Kier molecular flexibility index (Phi) is 4.34. The fraction of sp³-hybridized carbons (Fsp3) is 0.364. The Labute approximate surface area is 91.5 Å². The van der Waals surface area contributed by atoms with Crippen molar-refractivity contribution in [2.24, 2.45) is 0 Å². The summed E-state index contributed by atoms with van der Waals surface area (Å²) in [5.74, 6) is -4.51. The van der Waals surface area contributed by atoms with E-state index in [0.717, 1.165) is 18.6 Å². The van der Waals surface area contributed by atoms with E-state index in [4.69, 9.17) is 0 Å². The first-order valence-electron chi connectivity index (χ1n) is 4.95. The third kappa shape index (κ3) is 2.98. The van der Waals surface area contributed by atoms with Gasteiger partial charge in [-0.1, -0.05) is 13.0 Å². The summed E-state index contributed by atoms with van der Waals surface area (Å²) in [6.07, 6.45) is 0.467. The molecule has 88 valence electrons. The van der Waals surface area contributed by atoms with Gasteiger partial charge in [0.15, 0.2) is 17.5 Å². The number of hydrogen-bond donors (Lipinski definition) is 1. The van der Waals surface area contributed by atoms with Crippen molar-refractivity contribution in [3.8, 4) is 0 Å². The Morgan fingerprint density at radius 1 is 1.25 bits per heavy atom. The largest absolute Gasteiger partial charge is 0.356 e. The maximum atomic E-state index is 13.2. The van der Waals surface area contributed by atoms with Gasteiger partial charge in [-0.05, 0) is 12.5 Å². The first-order valence-corrected chi connectivity index (χ1v) is 4.95. The maximum Gasteiger partial charge on any atom is 0.224 e. The zero-order valence-corrected chi connectivity index (χ0v) is 8.82. The van der Waals surface area contributed by atoms with E-state index < -0.39 is 23.4 Å². The molecule has 16 heavy (non-hydrogen) atoms. The average Bonchev–Trinajstić information content (AvgIpc) is 2.27. The van der Waals surface area contributed by atoms with E-state index in [1.54, 1.807) is 0 Å². The molecule has 2 nitrogen and oxygen atoms in total. The van der Waals surface area contributed by atoms with Crippen LogP contribution in [-0.2, 0) is 11.2 Å². The van der Waals surface area contributed by atoms with Gasteiger partial charge in [0.05, 0.1) is 6.42 Å². The number of halogens is 3. The Morgan fingerprint density at radius 3 is 2.56 bits per heavy atom. The zero-order chi connectivity index (χ0) is 12.1. The van der Waals surface area contributed by atoms with Crippen LogP contribution in [0.15, 0.2) is 12.1 Å². The lowest BCUT2D eigenvalue weighted by molar-refractivity contribution is -0.120. The Bertz CT molecular complexity index is 393. The summed E-state index contributed by atoms with van der Waals surface area (Å²) in [6.45, 7) is 2.35. The molecule has 0 aliphatic carbocycles. The summed E-state index contributed by atoms with van der Waals surface area (Å²) in [6, 6.07) is 1.88. The van der Waals surface area contributed by atoms with Crippen LogP contribution in [-0.4, -0.2) is 12.5 Å². The van der Waals surface area contributed by atoms with Gasteiger partial charge in [-0.25, -0.2) is 13.2 Å². The van der Waals surface area contributed by atoms with Crippen molar-refractivity contribution in [3.05, 3.63) is 35.1 Å². The highest BCUT2D eigenvalue weighted by Gasteiger charge is 2.15. The van der Waals surface area contributed by atoms with Crippen LogP contribution in [0.5, 0.6) is 0 Å². The number of benzene rings is 1. The molecule has 0 radical (unpaired) electrons. The second kappa shape index (κ2) is 5.53. The quantitative estimate of drug-likeness (QED) is 0.790. The minimum absolute atomic E-state index is 0.146. The van der Waals surface area contributed by atoms with E-state index >= 15 is 0 Å². The topological polar surface area (TPSA) is 29.1 Å². The third-order valence-electron chi connectivity index (χ3n) is 2.04. The monoisotopic (exact) mass is 231 g/mol. The van der Waals surface area contributed by atoms with Crippen LogP contribution >= 0.6 is 0 Å². The fourth-order valence-electron chi connectivity index (χ4n) is 1.20. The van der Waals surface area contributed by atoms with Crippen LogP contribution in [0.2, 0.25) is 0 Å². The lowest BCUT2D eigenvalue weighted by Gasteiger charge is -2.05. The molecule has 1 rings (SSSR count). The van der Waals surface area contributed by atoms with Crippen LogP contribution in [0.25, 0.3) is 0 Å². The van der Waals surface area contributed by atoms with E-state index in [2.05, 4.69) is 5.32 Å². The molecule has 0 saturated heterocycles. The maximum absolute atomic E-state index is 13.2. The van der Waals surface area contributed by atoms with E-state index in [1.165, 1.54) is 0 Å². The van der Waals surface area contributed by atoms with Crippen molar-refractivity contribution in [1.82, 2.24) is 5.32 Å². The van der Waals surface area contributed by atoms with Crippen LogP contribution in [0, 0.1) is 17.5 Å². The van der Waals surface area contributed by atoms with Gasteiger partial charge >= 0.3 is 0 Å². The highest BCUT2D eigenvalue weighted by Crippen LogP contribution is 2.15. The van der Waals surface area contributed by atoms with Gasteiger partial charge in [-0.3, -0.25) is 4.79 Å². The summed E-state index contributed by atoms with van der Waals surface area (Å²) in [5, 5.41) is 2.52. The number of nitrogens with one attached hydrogen (secondary N) is 1. The summed E-state index contributed by atoms with van der Waals surface area (Å²) < 4.78 is 38.5. The van der Waals surface area contributed by atoms with Gasteiger partial charge < -0.3 is 5.32 Å². The standard InChI is InChI=1S/C11H12F3NO/c1-2-5-15-9(16)6-7-3-4-8(12)11(14)10(7)13/h3-4H,2,5-6H2,1H3,(H,15,16). The molecule has 0 bridgehead atoms. The normalized spacial score (nSPS) is 10.2. The third-order valence-corrected chi connectivity index (χ3v) is 2.04. The van der Waals surface area contributed by atoms with Crippen molar-refractivity contribution in [2.45, 2.75) is 19.8 Å². The van der Waals surface area contributed by atoms with Crippen LogP contribution in [0.4, 0.5) is 13.2 Å². The highest BCUT2D eigenvalue weighted by molar-refractivity contribution is 5.78. The Morgan fingerprint density at radius 2 is 1.94 bits per heavy atom. The molecule has 0 unspecified atom stereocenters. The molecular weight excluding hydrogens is 219 g/mol. The SMILES string of the molecule is CCCNC(=O)Cc1ccc(F)c(F)c1F. The highest BCUT2D eigenvalue weighted by atomic mass is 19.2. The van der Waals surface area contributed by atoms with Gasteiger partial charge in [0.25, 0.3) is 0 Å². The molecule has 1 amide bonds. The summed E-state index contributed by atoms with van der Waals surface area (Å²) in [7, 11) is 0. The smallest absolute Gasteiger partial charge is 0.224 e. The molecular formula is C11H12F3NO. The van der Waals surface area contributed by atoms with Crippen molar-refractivity contribution in [2.75, 3.05) is 6.54 Å². The Hall–Kier alpha value is -1.52. The summed E-state index contributed by atoms with van der Waals surface area (Å²) in [4.78, 5) is 11.2. The van der Waals surface area contributed by atoms with E-state index in [-0.39, 0.29) is 12.0 Å². The fourth-order valence-corrected chi connectivity index (χ4v) is 1.20. The molecule has 0 atom stereocenters. The van der Waals surface area contributed by atoms with Crippen LogP contribution in [0.3, 0.4) is 0 Å². The van der Waals surface area contributed by atoms with Gasteiger partial charge in [-0.15, -0.1) is 0 Å². The van der Waals surface area contributed by atoms with Crippen molar-refractivity contribution < 1.29 is 18.0 Å². The van der Waals surface area contributed by atoms with Gasteiger partial charge in [0, 0.05) is 12.1 Å². The van der Waals surface area contributed by atoms with Crippen molar-refractivity contribution in [1.29, 1.82) is 0 Å². The average molecular weight is 231 g/mol. The van der Waals surface area contributed by atoms with Crippen molar-refractivity contribution in [3.63, 3.8) is 0 Å². The molecule has 1 aromatic carbocycles. The second-order valence-corrected chi connectivity index (χ2v) is 3.36. The molecule has 0 aliphatic heterocycles. The predicted molar refractivity (Wildman–Crippen MR) is 53.3 cm³/mol. The molecule has 0 heterocycles.